The molecule has 1 saturated heterocycles. The number of ether oxygens (including phenoxy) is 1. The normalized spacial score (nSPS) is 23.4. The van der Waals surface area contributed by atoms with E-state index in [4.69, 9.17) is 11.6 Å². The van der Waals surface area contributed by atoms with Crippen LogP contribution in [-0.2, 0) is 14.3 Å². The standard InChI is InChI=1S/C10H16ClNO3/c1-7(11)9(13)12-5-3-4-8(6-12)10(14)15-2/h7-8H,3-6H2,1-2H3. The summed E-state index contributed by atoms with van der Waals surface area (Å²) in [4.78, 5) is 24.5. The van der Waals surface area contributed by atoms with Crippen molar-refractivity contribution < 1.29 is 14.3 Å². The van der Waals surface area contributed by atoms with E-state index in [-0.39, 0.29) is 17.8 Å². The summed E-state index contributed by atoms with van der Waals surface area (Å²) in [6.45, 7) is 2.76. The summed E-state index contributed by atoms with van der Waals surface area (Å²) in [7, 11) is 1.37. The number of amides is 1. The quantitative estimate of drug-likeness (QED) is 0.529. The van der Waals surface area contributed by atoms with Crippen molar-refractivity contribution >= 4 is 23.5 Å². The average molecular weight is 234 g/mol. The van der Waals surface area contributed by atoms with Gasteiger partial charge in [-0.1, -0.05) is 0 Å². The fourth-order valence-electron chi connectivity index (χ4n) is 1.79. The van der Waals surface area contributed by atoms with Crippen molar-refractivity contribution in [3.8, 4) is 0 Å². The summed E-state index contributed by atoms with van der Waals surface area (Å²) in [5.41, 5.74) is 0. The van der Waals surface area contributed by atoms with Crippen LogP contribution >= 0.6 is 11.6 Å². The number of hydrogen-bond acceptors (Lipinski definition) is 3. The average Bonchev–Trinajstić information content (AvgIpc) is 2.27. The van der Waals surface area contributed by atoms with E-state index in [9.17, 15) is 9.59 Å². The summed E-state index contributed by atoms with van der Waals surface area (Å²) in [5.74, 6) is -0.539. The van der Waals surface area contributed by atoms with Gasteiger partial charge in [-0.25, -0.2) is 0 Å². The van der Waals surface area contributed by atoms with Crippen LogP contribution in [0.4, 0.5) is 0 Å². The molecule has 1 aliphatic rings. The summed E-state index contributed by atoms with van der Waals surface area (Å²) in [5, 5.41) is -0.526. The Labute approximate surface area is 94.5 Å². The highest BCUT2D eigenvalue weighted by Crippen LogP contribution is 2.19. The molecule has 86 valence electrons. The number of carbonyl (C=O) groups is 2. The van der Waals surface area contributed by atoms with E-state index in [0.29, 0.717) is 13.1 Å². The molecule has 4 nitrogen and oxygen atoms in total. The Morgan fingerprint density at radius 2 is 2.20 bits per heavy atom. The number of rotatable bonds is 2. The maximum atomic E-state index is 11.6. The molecule has 1 fully saturated rings. The number of halogens is 1. The van der Waals surface area contributed by atoms with Crippen LogP contribution in [0.1, 0.15) is 19.8 Å². The molecule has 0 aromatic rings. The lowest BCUT2D eigenvalue weighted by atomic mass is 9.98. The van der Waals surface area contributed by atoms with Crippen molar-refractivity contribution in [2.75, 3.05) is 20.2 Å². The molecule has 1 rings (SSSR count). The SMILES string of the molecule is COC(=O)C1CCCN(C(=O)C(C)Cl)C1. The van der Waals surface area contributed by atoms with E-state index in [2.05, 4.69) is 4.74 Å². The lowest BCUT2D eigenvalue weighted by Gasteiger charge is -2.32. The molecule has 1 aliphatic heterocycles. The first-order chi connectivity index (χ1) is 7.06. The zero-order valence-electron chi connectivity index (χ0n) is 9.03. The zero-order chi connectivity index (χ0) is 11.4. The number of esters is 1. The third-order valence-corrected chi connectivity index (χ3v) is 2.79. The van der Waals surface area contributed by atoms with Gasteiger partial charge in [0, 0.05) is 13.1 Å². The van der Waals surface area contributed by atoms with Crippen LogP contribution < -0.4 is 0 Å². The molecular formula is C10H16ClNO3. The summed E-state index contributed by atoms with van der Waals surface area (Å²) in [6.07, 6.45) is 1.61. The Kier molecular flexibility index (Phi) is 4.39. The Hall–Kier alpha value is -0.770. The molecule has 15 heavy (non-hydrogen) atoms. The second kappa shape index (κ2) is 5.35. The van der Waals surface area contributed by atoms with E-state index in [1.165, 1.54) is 7.11 Å². The van der Waals surface area contributed by atoms with Crippen LogP contribution in [0.5, 0.6) is 0 Å². The molecule has 5 heteroatoms. The first-order valence-corrected chi connectivity index (χ1v) is 5.50. The van der Waals surface area contributed by atoms with Gasteiger partial charge in [-0.3, -0.25) is 9.59 Å². The molecule has 0 N–H and O–H groups in total. The molecule has 0 aromatic carbocycles. The molecule has 2 unspecified atom stereocenters. The number of hydrogen-bond donors (Lipinski definition) is 0. The van der Waals surface area contributed by atoms with Gasteiger partial charge in [-0.05, 0) is 19.8 Å². The number of nitrogens with zero attached hydrogens (tertiary/aromatic N) is 1. The summed E-state index contributed by atoms with van der Waals surface area (Å²) < 4.78 is 4.67. The molecule has 0 spiro atoms. The van der Waals surface area contributed by atoms with Gasteiger partial charge in [0.25, 0.3) is 0 Å². The highest BCUT2D eigenvalue weighted by molar-refractivity contribution is 6.30. The maximum absolute atomic E-state index is 11.6. The zero-order valence-corrected chi connectivity index (χ0v) is 9.79. The maximum Gasteiger partial charge on any atom is 0.310 e. The molecule has 1 amide bonds. The molecule has 1 heterocycles. The minimum atomic E-state index is -0.526. The van der Waals surface area contributed by atoms with Gasteiger partial charge in [0.05, 0.1) is 13.0 Å². The van der Waals surface area contributed by atoms with Gasteiger partial charge in [0.1, 0.15) is 5.38 Å². The Morgan fingerprint density at radius 1 is 1.53 bits per heavy atom. The minimum Gasteiger partial charge on any atom is -0.469 e. The van der Waals surface area contributed by atoms with Gasteiger partial charge in [-0.2, -0.15) is 0 Å². The van der Waals surface area contributed by atoms with Crippen LogP contribution in [0.25, 0.3) is 0 Å². The van der Waals surface area contributed by atoms with E-state index in [1.54, 1.807) is 11.8 Å². The number of likely N-dealkylation sites (tertiary alicyclic amines) is 1. The van der Waals surface area contributed by atoms with Gasteiger partial charge in [0.15, 0.2) is 0 Å². The van der Waals surface area contributed by atoms with Crippen molar-refractivity contribution in [1.82, 2.24) is 4.90 Å². The summed E-state index contributed by atoms with van der Waals surface area (Å²) in [6, 6.07) is 0. The molecule has 0 bridgehead atoms. The van der Waals surface area contributed by atoms with Gasteiger partial charge in [0.2, 0.25) is 5.91 Å². The molecule has 0 aliphatic carbocycles. The van der Waals surface area contributed by atoms with Gasteiger partial charge < -0.3 is 9.64 Å². The molecule has 0 radical (unpaired) electrons. The first kappa shape index (κ1) is 12.3. The lowest BCUT2D eigenvalue weighted by molar-refractivity contribution is -0.148. The molecular weight excluding hydrogens is 218 g/mol. The number of carbonyl (C=O) groups excluding carboxylic acids is 2. The van der Waals surface area contributed by atoms with E-state index < -0.39 is 5.38 Å². The third kappa shape index (κ3) is 3.09. The van der Waals surface area contributed by atoms with E-state index >= 15 is 0 Å². The number of methoxy groups -OCH3 is 1. The van der Waals surface area contributed by atoms with Crippen molar-refractivity contribution in [3.05, 3.63) is 0 Å². The van der Waals surface area contributed by atoms with E-state index in [1.807, 2.05) is 0 Å². The number of alkyl halides is 1. The van der Waals surface area contributed by atoms with Gasteiger partial charge in [-0.15, -0.1) is 11.6 Å². The molecule has 0 saturated carbocycles. The highest BCUT2D eigenvalue weighted by atomic mass is 35.5. The lowest BCUT2D eigenvalue weighted by Crippen LogP contribution is -2.45. The van der Waals surface area contributed by atoms with Gasteiger partial charge >= 0.3 is 5.97 Å². The van der Waals surface area contributed by atoms with Crippen LogP contribution in [0, 0.1) is 5.92 Å². The van der Waals surface area contributed by atoms with Crippen LogP contribution in [0.2, 0.25) is 0 Å². The predicted molar refractivity (Wildman–Crippen MR) is 56.6 cm³/mol. The fourth-order valence-corrected chi connectivity index (χ4v) is 1.93. The van der Waals surface area contributed by atoms with Crippen LogP contribution in [0.15, 0.2) is 0 Å². The van der Waals surface area contributed by atoms with Crippen molar-refractivity contribution in [2.45, 2.75) is 25.1 Å². The van der Waals surface area contributed by atoms with Crippen molar-refractivity contribution in [2.24, 2.45) is 5.92 Å². The Bertz CT molecular complexity index is 255. The largest absolute Gasteiger partial charge is 0.469 e. The second-order valence-corrected chi connectivity index (χ2v) is 4.42. The summed E-state index contributed by atoms with van der Waals surface area (Å²) >= 11 is 5.72. The van der Waals surface area contributed by atoms with Crippen LogP contribution in [-0.4, -0.2) is 42.4 Å². The highest BCUT2D eigenvalue weighted by Gasteiger charge is 2.30. The van der Waals surface area contributed by atoms with Crippen LogP contribution in [0.3, 0.4) is 0 Å². The molecule has 0 aromatic heterocycles. The minimum absolute atomic E-state index is 0.106. The Morgan fingerprint density at radius 3 is 2.73 bits per heavy atom. The monoisotopic (exact) mass is 233 g/mol. The van der Waals surface area contributed by atoms with Crippen molar-refractivity contribution in [3.63, 3.8) is 0 Å². The second-order valence-electron chi connectivity index (χ2n) is 3.76. The van der Waals surface area contributed by atoms with Crippen molar-refractivity contribution in [1.29, 1.82) is 0 Å². The first-order valence-electron chi connectivity index (χ1n) is 5.07. The molecule has 2 atom stereocenters. The fraction of sp³-hybridized carbons (Fsp3) is 0.800. The predicted octanol–water partition coefficient (Wildman–Crippen LogP) is 1.03. The number of piperidine rings is 1. The Balaban J connectivity index is 2.56. The topological polar surface area (TPSA) is 46.6 Å². The third-order valence-electron chi connectivity index (χ3n) is 2.61. The van der Waals surface area contributed by atoms with E-state index in [0.717, 1.165) is 12.8 Å². The smallest absolute Gasteiger partial charge is 0.310 e.